The summed E-state index contributed by atoms with van der Waals surface area (Å²) in [5, 5.41) is 9.95. The Kier molecular flexibility index (Phi) is 9.46. The number of alkyl carbamates (subject to hydrolysis) is 1. The molecular weight excluding hydrogens is 392 g/mol. The Morgan fingerprint density at radius 2 is 1.68 bits per heavy atom. The maximum absolute atomic E-state index is 12.0. The van der Waals surface area contributed by atoms with Crippen molar-refractivity contribution in [1.29, 1.82) is 0 Å². The van der Waals surface area contributed by atoms with E-state index < -0.39 is 5.60 Å². The van der Waals surface area contributed by atoms with Gasteiger partial charge in [-0.2, -0.15) is 0 Å². The molecular formula is C24H40N4O3. The summed E-state index contributed by atoms with van der Waals surface area (Å²) in [6, 6.07) is 8.80. The molecule has 0 radical (unpaired) electrons. The van der Waals surface area contributed by atoms with E-state index in [1.807, 2.05) is 32.9 Å². The zero-order chi connectivity index (χ0) is 22.9. The van der Waals surface area contributed by atoms with Crippen LogP contribution in [0.2, 0.25) is 0 Å². The van der Waals surface area contributed by atoms with Crippen LogP contribution < -0.4 is 20.7 Å². The summed E-state index contributed by atoms with van der Waals surface area (Å²) in [5.41, 5.74) is 0.840. The van der Waals surface area contributed by atoms with E-state index >= 15 is 0 Å². The van der Waals surface area contributed by atoms with Gasteiger partial charge in [0, 0.05) is 25.7 Å². The Morgan fingerprint density at radius 3 is 2.19 bits per heavy atom. The second-order valence-electron chi connectivity index (χ2n) is 9.30. The zero-order valence-electron chi connectivity index (χ0n) is 20.0. The van der Waals surface area contributed by atoms with Crippen molar-refractivity contribution in [2.75, 3.05) is 20.7 Å². The molecule has 2 rings (SSSR count). The molecule has 1 aromatic carbocycles. The molecule has 0 heterocycles. The third-order valence-corrected chi connectivity index (χ3v) is 5.57. The zero-order valence-corrected chi connectivity index (χ0v) is 20.0. The highest BCUT2D eigenvalue weighted by atomic mass is 16.6. The molecule has 0 bridgehead atoms. The topological polar surface area (TPSA) is 84.0 Å². The quantitative estimate of drug-likeness (QED) is 0.444. The minimum atomic E-state index is -0.466. The van der Waals surface area contributed by atoms with Crippen molar-refractivity contribution in [2.45, 2.75) is 83.4 Å². The number of nitrogens with zero attached hydrogens (tertiary/aromatic N) is 1. The summed E-state index contributed by atoms with van der Waals surface area (Å²) in [6.07, 6.45) is 4.53. The van der Waals surface area contributed by atoms with Gasteiger partial charge in [-0.15, -0.1) is 0 Å². The van der Waals surface area contributed by atoms with Crippen molar-refractivity contribution >= 4 is 12.1 Å². The van der Waals surface area contributed by atoms with Gasteiger partial charge in [0.05, 0.1) is 7.11 Å². The van der Waals surface area contributed by atoms with Crippen LogP contribution in [0.4, 0.5) is 4.79 Å². The molecule has 1 amide bonds. The van der Waals surface area contributed by atoms with E-state index in [-0.39, 0.29) is 12.1 Å². The monoisotopic (exact) mass is 432 g/mol. The molecule has 1 saturated carbocycles. The summed E-state index contributed by atoms with van der Waals surface area (Å²) in [6.45, 7) is 8.72. The normalized spacial score (nSPS) is 20.5. The van der Waals surface area contributed by atoms with E-state index in [1.54, 1.807) is 14.2 Å². The standard InChI is InChI=1S/C24H40N4O3/c1-17(18-7-13-21(30-6)14-8-18)15-16-26-22(25-5)27-19-9-11-20(12-10-19)28-23(29)31-24(2,3)4/h7-8,13-14,17,19-20H,9-12,15-16H2,1-6H3,(H,28,29)(H2,25,26,27). The minimum Gasteiger partial charge on any atom is -0.497 e. The van der Waals surface area contributed by atoms with Gasteiger partial charge in [-0.3, -0.25) is 4.99 Å². The number of hydrogen-bond acceptors (Lipinski definition) is 4. The van der Waals surface area contributed by atoms with Crippen LogP contribution in [-0.2, 0) is 4.74 Å². The molecule has 1 aromatic rings. The predicted molar refractivity (Wildman–Crippen MR) is 126 cm³/mol. The Morgan fingerprint density at radius 1 is 1.10 bits per heavy atom. The predicted octanol–water partition coefficient (Wildman–Crippen LogP) is 4.19. The fourth-order valence-electron chi connectivity index (χ4n) is 3.75. The first-order valence-corrected chi connectivity index (χ1v) is 11.3. The molecule has 0 aromatic heterocycles. The second kappa shape index (κ2) is 11.8. The van der Waals surface area contributed by atoms with Crippen LogP contribution in [0.1, 0.15) is 71.3 Å². The molecule has 1 aliphatic rings. The third-order valence-electron chi connectivity index (χ3n) is 5.57. The number of amides is 1. The van der Waals surface area contributed by atoms with Gasteiger partial charge in [0.15, 0.2) is 5.96 Å². The van der Waals surface area contributed by atoms with E-state index in [2.05, 4.69) is 40.0 Å². The van der Waals surface area contributed by atoms with Crippen LogP contribution in [0.3, 0.4) is 0 Å². The first-order chi connectivity index (χ1) is 14.7. The Hall–Kier alpha value is -2.44. The number of aliphatic imine (C=N–C) groups is 1. The summed E-state index contributed by atoms with van der Waals surface area (Å²) in [4.78, 5) is 16.3. The Bertz CT molecular complexity index is 705. The van der Waals surface area contributed by atoms with Crippen molar-refractivity contribution in [3.05, 3.63) is 29.8 Å². The average molecular weight is 433 g/mol. The Labute approximate surface area is 187 Å². The van der Waals surface area contributed by atoms with Crippen LogP contribution in [0, 0.1) is 0 Å². The Balaban J connectivity index is 1.68. The summed E-state index contributed by atoms with van der Waals surface area (Å²) in [5.74, 6) is 2.17. The number of nitrogens with one attached hydrogen (secondary N) is 3. The summed E-state index contributed by atoms with van der Waals surface area (Å²) in [7, 11) is 3.49. The van der Waals surface area contributed by atoms with Gasteiger partial charge >= 0.3 is 6.09 Å². The number of benzene rings is 1. The second-order valence-corrected chi connectivity index (χ2v) is 9.30. The molecule has 0 spiro atoms. The van der Waals surface area contributed by atoms with Crippen molar-refractivity contribution < 1.29 is 14.3 Å². The van der Waals surface area contributed by atoms with Crippen LogP contribution in [0.15, 0.2) is 29.3 Å². The molecule has 0 aliphatic heterocycles. The van der Waals surface area contributed by atoms with Gasteiger partial charge in [0.1, 0.15) is 11.4 Å². The lowest BCUT2D eigenvalue weighted by Crippen LogP contribution is -2.48. The molecule has 0 saturated heterocycles. The largest absolute Gasteiger partial charge is 0.497 e. The minimum absolute atomic E-state index is 0.174. The number of guanidine groups is 1. The van der Waals surface area contributed by atoms with Crippen LogP contribution in [-0.4, -0.2) is 50.4 Å². The maximum Gasteiger partial charge on any atom is 0.407 e. The highest BCUT2D eigenvalue weighted by Gasteiger charge is 2.25. The van der Waals surface area contributed by atoms with E-state index in [4.69, 9.17) is 9.47 Å². The van der Waals surface area contributed by atoms with Gasteiger partial charge in [-0.1, -0.05) is 19.1 Å². The number of rotatable bonds is 7. The van der Waals surface area contributed by atoms with Gasteiger partial charge in [-0.05, 0) is 76.5 Å². The molecule has 1 fully saturated rings. The highest BCUT2D eigenvalue weighted by molar-refractivity contribution is 5.79. The number of carbonyl (C=O) groups is 1. The molecule has 1 unspecified atom stereocenters. The first-order valence-electron chi connectivity index (χ1n) is 11.3. The van der Waals surface area contributed by atoms with Crippen molar-refractivity contribution in [1.82, 2.24) is 16.0 Å². The molecule has 3 N–H and O–H groups in total. The van der Waals surface area contributed by atoms with Crippen molar-refractivity contribution in [3.8, 4) is 5.75 Å². The smallest absolute Gasteiger partial charge is 0.407 e. The number of methoxy groups -OCH3 is 1. The van der Waals surface area contributed by atoms with E-state index in [0.29, 0.717) is 12.0 Å². The number of hydrogen-bond donors (Lipinski definition) is 3. The van der Waals surface area contributed by atoms with E-state index in [1.165, 1.54) is 5.56 Å². The number of carbonyl (C=O) groups excluding carboxylic acids is 1. The SMILES string of the molecule is CN=C(NCCC(C)c1ccc(OC)cc1)NC1CCC(NC(=O)OC(C)(C)C)CC1. The maximum atomic E-state index is 12.0. The fourth-order valence-corrected chi connectivity index (χ4v) is 3.75. The number of ether oxygens (including phenoxy) is 2. The summed E-state index contributed by atoms with van der Waals surface area (Å²) < 4.78 is 10.6. The lowest BCUT2D eigenvalue weighted by Gasteiger charge is -2.31. The van der Waals surface area contributed by atoms with Gasteiger partial charge < -0.3 is 25.4 Å². The third kappa shape index (κ3) is 9.07. The average Bonchev–Trinajstić information content (AvgIpc) is 2.72. The molecule has 1 atom stereocenters. The van der Waals surface area contributed by atoms with Crippen LogP contribution in [0.5, 0.6) is 5.75 Å². The molecule has 7 heteroatoms. The van der Waals surface area contributed by atoms with E-state index in [9.17, 15) is 4.79 Å². The van der Waals surface area contributed by atoms with Crippen molar-refractivity contribution in [2.24, 2.45) is 4.99 Å². The fraction of sp³-hybridized carbons (Fsp3) is 0.667. The molecule has 1 aliphatic carbocycles. The van der Waals surface area contributed by atoms with Crippen LogP contribution >= 0.6 is 0 Å². The van der Waals surface area contributed by atoms with Gasteiger partial charge in [0.25, 0.3) is 0 Å². The van der Waals surface area contributed by atoms with Crippen molar-refractivity contribution in [3.63, 3.8) is 0 Å². The van der Waals surface area contributed by atoms with E-state index in [0.717, 1.165) is 50.4 Å². The molecule has 31 heavy (non-hydrogen) atoms. The molecule has 174 valence electrons. The van der Waals surface area contributed by atoms with Crippen LogP contribution in [0.25, 0.3) is 0 Å². The van der Waals surface area contributed by atoms with Gasteiger partial charge in [-0.25, -0.2) is 4.79 Å². The van der Waals surface area contributed by atoms with Gasteiger partial charge in [0.2, 0.25) is 0 Å². The lowest BCUT2D eigenvalue weighted by molar-refractivity contribution is 0.0490. The molecule has 7 nitrogen and oxygen atoms in total. The lowest BCUT2D eigenvalue weighted by atomic mass is 9.91. The first kappa shape index (κ1) is 24.8. The summed E-state index contributed by atoms with van der Waals surface area (Å²) >= 11 is 0. The highest BCUT2D eigenvalue weighted by Crippen LogP contribution is 2.22.